The maximum Gasteiger partial charge on any atom is 0.453 e. The predicted octanol–water partition coefficient (Wildman–Crippen LogP) is 9.10. The second kappa shape index (κ2) is 19.8. The summed E-state index contributed by atoms with van der Waals surface area (Å²) in [6.45, 7) is 4.40. The minimum atomic E-state index is -5.76. The molecule has 0 fully saturated rings. The molecule has 51 heavy (non-hydrogen) atoms. The van der Waals surface area contributed by atoms with E-state index in [1.807, 2.05) is 42.5 Å². The summed E-state index contributed by atoms with van der Waals surface area (Å²) < 4.78 is 96.7. The molecule has 284 valence electrons. The maximum atomic E-state index is 13.3. The van der Waals surface area contributed by atoms with Crippen molar-refractivity contribution >= 4 is 11.8 Å². The number of benzene rings is 2. The van der Waals surface area contributed by atoms with Crippen molar-refractivity contribution in [2.24, 2.45) is 5.92 Å². The van der Waals surface area contributed by atoms with E-state index in [4.69, 9.17) is 28.4 Å². The van der Waals surface area contributed by atoms with Gasteiger partial charge < -0.3 is 28.4 Å². The molecule has 0 saturated heterocycles. The van der Waals surface area contributed by atoms with E-state index in [0.29, 0.717) is 30.9 Å². The van der Waals surface area contributed by atoms with Crippen molar-refractivity contribution in [3.8, 4) is 17.2 Å². The third-order valence-electron chi connectivity index (χ3n) is 9.07. The van der Waals surface area contributed by atoms with Crippen LogP contribution >= 0.6 is 0 Å². The van der Waals surface area contributed by atoms with Crippen molar-refractivity contribution in [3.63, 3.8) is 0 Å². The summed E-state index contributed by atoms with van der Waals surface area (Å²) in [6.07, 6.45) is 0.0150. The highest BCUT2D eigenvalue weighted by Crippen LogP contribution is 2.49. The molecule has 2 aromatic carbocycles. The number of carbonyl (C=O) groups excluding carboxylic acids is 2. The molecule has 0 saturated carbocycles. The minimum Gasteiger partial charge on any atom is -0.492 e. The van der Waals surface area contributed by atoms with Gasteiger partial charge >= 0.3 is 18.1 Å². The first-order chi connectivity index (χ1) is 24.3. The summed E-state index contributed by atoms with van der Waals surface area (Å²) in [6, 6.07) is 13.7. The van der Waals surface area contributed by atoms with Gasteiger partial charge in [0.15, 0.2) is 13.6 Å². The number of carbonyl (C=O) groups is 2. The van der Waals surface area contributed by atoms with Crippen molar-refractivity contribution in [1.82, 2.24) is 0 Å². The molecular weight excluding hydrogens is 679 g/mol. The average molecular weight is 729 g/mol. The first-order valence-corrected chi connectivity index (χ1v) is 17.2. The zero-order valence-electron chi connectivity index (χ0n) is 29.7. The molecular formula is C38H49F5O8. The second-order valence-electron chi connectivity index (χ2n) is 12.8. The van der Waals surface area contributed by atoms with E-state index in [9.17, 15) is 31.5 Å². The van der Waals surface area contributed by atoms with Gasteiger partial charge in [0.1, 0.15) is 28.9 Å². The van der Waals surface area contributed by atoms with Crippen molar-refractivity contribution in [1.29, 1.82) is 0 Å². The van der Waals surface area contributed by atoms with E-state index in [1.54, 1.807) is 14.2 Å². The molecule has 8 nitrogen and oxygen atoms in total. The van der Waals surface area contributed by atoms with E-state index < -0.39 is 42.6 Å². The summed E-state index contributed by atoms with van der Waals surface area (Å²) in [5, 5.41) is 0. The Morgan fingerprint density at radius 1 is 0.922 bits per heavy atom. The summed E-state index contributed by atoms with van der Waals surface area (Å²) in [5.74, 6) is -6.04. The van der Waals surface area contributed by atoms with Crippen LogP contribution in [-0.2, 0) is 29.2 Å². The first kappa shape index (κ1) is 41.7. The number of rotatable bonds is 22. The van der Waals surface area contributed by atoms with Crippen LogP contribution in [0, 0.1) is 5.92 Å². The molecule has 1 unspecified atom stereocenters. The molecule has 0 radical (unpaired) electrons. The highest BCUT2D eigenvalue weighted by Gasteiger charge is 2.57. The lowest BCUT2D eigenvalue weighted by Crippen LogP contribution is -2.40. The van der Waals surface area contributed by atoms with Crippen LogP contribution in [0.4, 0.5) is 22.0 Å². The Bertz CT molecular complexity index is 1410. The summed E-state index contributed by atoms with van der Waals surface area (Å²) >= 11 is 0. The molecule has 0 spiro atoms. The number of ketones is 1. The van der Waals surface area contributed by atoms with Gasteiger partial charge in [-0.2, -0.15) is 22.0 Å². The van der Waals surface area contributed by atoms with Crippen molar-refractivity contribution < 1.29 is 60.0 Å². The second-order valence-corrected chi connectivity index (χ2v) is 12.8. The zero-order valence-corrected chi connectivity index (χ0v) is 29.7. The largest absolute Gasteiger partial charge is 0.492 e. The molecule has 1 aliphatic heterocycles. The fourth-order valence-corrected chi connectivity index (χ4v) is 6.11. The van der Waals surface area contributed by atoms with Crippen LogP contribution in [0.15, 0.2) is 54.6 Å². The Morgan fingerprint density at radius 3 is 2.22 bits per heavy atom. The number of hydrogen-bond donors (Lipinski definition) is 0. The van der Waals surface area contributed by atoms with Gasteiger partial charge in [0, 0.05) is 44.5 Å². The standard InChI is InChI=1S/C38H49F5O8/c1-5-48-35(45)31(33(44)21-22-37(39,40)38(41,42)43)13-11-9-7-6-8-10-12-14-32-30-20-19-29(51-26-47-4)23-34(30)49-24-36(32,2)27-15-17-28(18-16-27)50-25-46-3/h10,12,15-20,23,31-32H,5-9,11,13-14,21-22,24-26H2,1-4H3/b12-10+/t31?,32-,36-/m1/s1. The number of halogens is 5. The topological polar surface area (TPSA) is 89.5 Å². The highest BCUT2D eigenvalue weighted by molar-refractivity contribution is 5.99. The summed E-state index contributed by atoms with van der Waals surface area (Å²) in [4.78, 5) is 24.8. The molecule has 2 aromatic rings. The smallest absolute Gasteiger partial charge is 0.453 e. The number of alkyl halides is 5. The van der Waals surface area contributed by atoms with Gasteiger partial charge in [-0.25, -0.2) is 0 Å². The highest BCUT2D eigenvalue weighted by atomic mass is 19.4. The number of Topliss-reactive ketones (excluding diaryl/α,β-unsaturated/α-hetero) is 1. The monoisotopic (exact) mass is 728 g/mol. The van der Waals surface area contributed by atoms with Crippen molar-refractivity contribution in [2.75, 3.05) is 41.0 Å². The molecule has 0 bridgehead atoms. The Kier molecular flexibility index (Phi) is 16.2. The summed E-state index contributed by atoms with van der Waals surface area (Å²) in [7, 11) is 3.12. The number of hydrogen-bond acceptors (Lipinski definition) is 8. The Balaban J connectivity index is 1.58. The molecule has 3 atom stereocenters. The Labute approximate surface area is 296 Å². The van der Waals surface area contributed by atoms with Gasteiger partial charge in [0.05, 0.1) is 13.2 Å². The Hall–Kier alpha value is -3.71. The Morgan fingerprint density at radius 2 is 1.57 bits per heavy atom. The normalized spacial score (nSPS) is 18.2. The number of unbranched alkanes of at least 4 members (excludes halogenated alkanes) is 4. The maximum absolute atomic E-state index is 13.3. The number of methoxy groups -OCH3 is 2. The van der Waals surface area contributed by atoms with Gasteiger partial charge in [0.2, 0.25) is 0 Å². The van der Waals surface area contributed by atoms with E-state index in [2.05, 4.69) is 19.1 Å². The average Bonchev–Trinajstić information content (AvgIpc) is 3.10. The minimum absolute atomic E-state index is 0.0323. The van der Waals surface area contributed by atoms with Gasteiger partial charge in [-0.05, 0) is 61.9 Å². The van der Waals surface area contributed by atoms with Crippen LogP contribution in [0.25, 0.3) is 0 Å². The lowest BCUT2D eigenvalue weighted by molar-refractivity contribution is -0.284. The lowest BCUT2D eigenvalue weighted by Gasteiger charge is -2.42. The molecule has 0 amide bonds. The number of fused-ring (bicyclic) bond motifs is 1. The van der Waals surface area contributed by atoms with Crippen molar-refractivity contribution in [2.45, 2.75) is 95.1 Å². The molecule has 0 N–H and O–H groups in total. The molecule has 1 aliphatic rings. The number of allylic oxidation sites excluding steroid dienone is 2. The van der Waals surface area contributed by atoms with Crippen LogP contribution in [-0.4, -0.2) is 64.9 Å². The predicted molar refractivity (Wildman–Crippen MR) is 180 cm³/mol. The molecule has 0 aromatic heterocycles. The van der Waals surface area contributed by atoms with Crippen LogP contribution in [0.5, 0.6) is 17.2 Å². The van der Waals surface area contributed by atoms with E-state index in [1.165, 1.54) is 6.92 Å². The van der Waals surface area contributed by atoms with Gasteiger partial charge in [-0.1, -0.05) is 56.5 Å². The lowest BCUT2D eigenvalue weighted by atomic mass is 9.66. The van der Waals surface area contributed by atoms with Gasteiger partial charge in [0.25, 0.3) is 0 Å². The van der Waals surface area contributed by atoms with E-state index in [0.717, 1.165) is 42.6 Å². The third-order valence-corrected chi connectivity index (χ3v) is 9.07. The quantitative estimate of drug-likeness (QED) is 0.0296. The third kappa shape index (κ3) is 11.9. The summed E-state index contributed by atoms with van der Waals surface area (Å²) in [5.41, 5.74) is 1.80. The fraction of sp³-hybridized carbons (Fsp3) is 0.579. The zero-order chi connectivity index (χ0) is 37.5. The van der Waals surface area contributed by atoms with Gasteiger partial charge in [-0.3, -0.25) is 9.59 Å². The fourth-order valence-electron chi connectivity index (χ4n) is 6.11. The molecule has 13 heteroatoms. The van der Waals surface area contributed by atoms with Gasteiger partial charge in [-0.15, -0.1) is 0 Å². The van der Waals surface area contributed by atoms with Crippen LogP contribution in [0.3, 0.4) is 0 Å². The molecule has 0 aliphatic carbocycles. The number of ether oxygens (including phenoxy) is 6. The van der Waals surface area contributed by atoms with Crippen LogP contribution < -0.4 is 14.2 Å². The molecule has 3 rings (SSSR count). The number of esters is 1. The van der Waals surface area contributed by atoms with Crippen molar-refractivity contribution in [3.05, 3.63) is 65.7 Å². The van der Waals surface area contributed by atoms with E-state index >= 15 is 0 Å². The van der Waals surface area contributed by atoms with E-state index in [-0.39, 0.29) is 37.9 Å². The SMILES string of the molecule is CCOC(=O)C(CCCCCC/C=C/C[C@@H]1c2ccc(OCOC)cc2OC[C@]1(C)c1ccc(OCOC)cc1)C(=O)CCC(F)(F)C(F)(F)F. The van der Waals surface area contributed by atoms with Crippen LogP contribution in [0.1, 0.15) is 88.7 Å². The first-order valence-electron chi connectivity index (χ1n) is 17.2. The van der Waals surface area contributed by atoms with Crippen LogP contribution in [0.2, 0.25) is 0 Å². The molecule has 1 heterocycles.